The number of benzene rings is 1. The maximum Gasteiger partial charge on any atom is 0.227 e. The highest BCUT2D eigenvalue weighted by Crippen LogP contribution is 2.29. The number of hydrogen-bond donors (Lipinski definition) is 2. The van der Waals surface area contributed by atoms with Gasteiger partial charge in [-0.3, -0.25) is 4.79 Å². The maximum atomic E-state index is 12.4. The zero-order chi connectivity index (χ0) is 15.6. The van der Waals surface area contributed by atoms with Crippen molar-refractivity contribution in [1.29, 1.82) is 5.26 Å². The molecule has 0 aliphatic rings. The summed E-state index contributed by atoms with van der Waals surface area (Å²) in [6.45, 7) is 9.29. The molecule has 1 rings (SSSR count). The van der Waals surface area contributed by atoms with E-state index < -0.39 is 11.0 Å². The average Bonchev–Trinajstić information content (AvgIpc) is 2.37. The predicted octanol–water partition coefficient (Wildman–Crippen LogP) is 2.50. The summed E-state index contributed by atoms with van der Waals surface area (Å²) in [5, 5.41) is 11.8. The molecule has 1 amide bonds. The second-order valence-electron chi connectivity index (χ2n) is 6.28. The number of carbonyl (C=O) groups is 1. The van der Waals surface area contributed by atoms with Gasteiger partial charge in [-0.25, -0.2) is 0 Å². The Bertz CT molecular complexity index is 518. The molecule has 0 bridgehead atoms. The largest absolute Gasteiger partial charge is 0.349 e. The lowest BCUT2D eigenvalue weighted by Crippen LogP contribution is -2.55. The van der Waals surface area contributed by atoms with Crippen LogP contribution in [0.4, 0.5) is 0 Å². The van der Waals surface area contributed by atoms with E-state index in [0.29, 0.717) is 5.56 Å². The van der Waals surface area contributed by atoms with Gasteiger partial charge in [0.2, 0.25) is 5.91 Å². The standard InChI is InChI=1S/C16H23N3O/c1-11(13-8-6-12(10-17)7-9-13)19-14(20)15(2,3)16(4,5)18/h6-9,11H,18H2,1-5H3,(H,19,20). The van der Waals surface area contributed by atoms with Crippen molar-refractivity contribution < 1.29 is 4.79 Å². The van der Waals surface area contributed by atoms with Gasteiger partial charge in [0.25, 0.3) is 0 Å². The smallest absolute Gasteiger partial charge is 0.227 e. The molecule has 0 fully saturated rings. The van der Waals surface area contributed by atoms with Gasteiger partial charge in [-0.05, 0) is 52.3 Å². The Kier molecular flexibility index (Phi) is 4.57. The average molecular weight is 273 g/mol. The molecule has 0 aliphatic carbocycles. The summed E-state index contributed by atoms with van der Waals surface area (Å²) in [6, 6.07) is 9.14. The Morgan fingerprint density at radius 1 is 1.25 bits per heavy atom. The topological polar surface area (TPSA) is 78.9 Å². The van der Waals surface area contributed by atoms with E-state index in [1.165, 1.54) is 0 Å². The fourth-order valence-corrected chi connectivity index (χ4v) is 1.60. The van der Waals surface area contributed by atoms with Crippen LogP contribution in [0.3, 0.4) is 0 Å². The van der Waals surface area contributed by atoms with Crippen LogP contribution in [0.25, 0.3) is 0 Å². The molecule has 108 valence electrons. The van der Waals surface area contributed by atoms with Crippen LogP contribution in [0.1, 0.15) is 51.8 Å². The van der Waals surface area contributed by atoms with E-state index in [-0.39, 0.29) is 11.9 Å². The summed E-state index contributed by atoms with van der Waals surface area (Å²) >= 11 is 0. The van der Waals surface area contributed by atoms with Crippen molar-refractivity contribution in [2.75, 3.05) is 0 Å². The Labute approximate surface area is 121 Å². The van der Waals surface area contributed by atoms with Gasteiger partial charge in [-0.1, -0.05) is 12.1 Å². The van der Waals surface area contributed by atoms with Crippen LogP contribution in [0.2, 0.25) is 0 Å². The summed E-state index contributed by atoms with van der Waals surface area (Å²) < 4.78 is 0. The Hall–Kier alpha value is -1.86. The molecular weight excluding hydrogens is 250 g/mol. The summed E-state index contributed by atoms with van der Waals surface area (Å²) in [4.78, 5) is 12.4. The highest BCUT2D eigenvalue weighted by molar-refractivity contribution is 5.83. The number of nitrogens with two attached hydrogens (primary N) is 1. The maximum absolute atomic E-state index is 12.4. The first kappa shape index (κ1) is 16.2. The van der Waals surface area contributed by atoms with Gasteiger partial charge in [0, 0.05) is 5.54 Å². The van der Waals surface area contributed by atoms with E-state index in [0.717, 1.165) is 5.56 Å². The second kappa shape index (κ2) is 5.64. The Morgan fingerprint density at radius 2 is 1.75 bits per heavy atom. The van der Waals surface area contributed by atoms with E-state index >= 15 is 0 Å². The number of carbonyl (C=O) groups excluding carboxylic acids is 1. The summed E-state index contributed by atoms with van der Waals surface area (Å²) in [7, 11) is 0. The fraction of sp³-hybridized carbons (Fsp3) is 0.500. The molecule has 0 heterocycles. The predicted molar refractivity (Wildman–Crippen MR) is 79.8 cm³/mol. The van der Waals surface area contributed by atoms with Gasteiger partial charge < -0.3 is 11.1 Å². The van der Waals surface area contributed by atoms with E-state index in [1.54, 1.807) is 12.1 Å². The van der Waals surface area contributed by atoms with E-state index in [9.17, 15) is 4.79 Å². The van der Waals surface area contributed by atoms with Gasteiger partial charge in [-0.2, -0.15) is 5.26 Å². The van der Waals surface area contributed by atoms with Crippen molar-refractivity contribution in [3.8, 4) is 6.07 Å². The first-order chi connectivity index (χ1) is 9.09. The number of nitriles is 1. The van der Waals surface area contributed by atoms with Crippen molar-refractivity contribution in [3.63, 3.8) is 0 Å². The molecule has 4 heteroatoms. The first-order valence-electron chi connectivity index (χ1n) is 6.69. The van der Waals surface area contributed by atoms with E-state index in [2.05, 4.69) is 11.4 Å². The Balaban J connectivity index is 2.82. The molecule has 0 aliphatic heterocycles. The van der Waals surface area contributed by atoms with Crippen molar-refractivity contribution in [2.24, 2.45) is 11.1 Å². The van der Waals surface area contributed by atoms with Crippen molar-refractivity contribution in [1.82, 2.24) is 5.32 Å². The molecular formula is C16H23N3O. The van der Waals surface area contributed by atoms with Crippen LogP contribution in [0.5, 0.6) is 0 Å². The lowest BCUT2D eigenvalue weighted by atomic mass is 9.74. The van der Waals surface area contributed by atoms with Gasteiger partial charge in [0.15, 0.2) is 0 Å². The van der Waals surface area contributed by atoms with Gasteiger partial charge in [0.05, 0.1) is 23.1 Å². The number of hydrogen-bond acceptors (Lipinski definition) is 3. The summed E-state index contributed by atoms with van der Waals surface area (Å²) in [5.74, 6) is -0.0816. The third kappa shape index (κ3) is 3.37. The molecule has 0 aromatic heterocycles. The second-order valence-corrected chi connectivity index (χ2v) is 6.28. The van der Waals surface area contributed by atoms with Crippen LogP contribution in [0, 0.1) is 16.7 Å². The molecule has 20 heavy (non-hydrogen) atoms. The fourth-order valence-electron chi connectivity index (χ4n) is 1.60. The Morgan fingerprint density at radius 3 is 2.15 bits per heavy atom. The van der Waals surface area contributed by atoms with Crippen molar-refractivity contribution in [3.05, 3.63) is 35.4 Å². The van der Waals surface area contributed by atoms with Crippen LogP contribution in [-0.2, 0) is 4.79 Å². The zero-order valence-corrected chi connectivity index (χ0v) is 12.8. The number of amides is 1. The van der Waals surface area contributed by atoms with Gasteiger partial charge in [0.1, 0.15) is 0 Å². The number of rotatable bonds is 4. The third-order valence-corrected chi connectivity index (χ3v) is 4.07. The van der Waals surface area contributed by atoms with Crippen LogP contribution >= 0.6 is 0 Å². The summed E-state index contributed by atoms with van der Waals surface area (Å²) in [6.07, 6.45) is 0. The minimum absolute atomic E-state index is 0.0816. The lowest BCUT2D eigenvalue weighted by molar-refractivity contribution is -0.132. The molecule has 0 saturated carbocycles. The molecule has 0 radical (unpaired) electrons. The van der Waals surface area contributed by atoms with Crippen LogP contribution < -0.4 is 11.1 Å². The highest BCUT2D eigenvalue weighted by atomic mass is 16.2. The quantitative estimate of drug-likeness (QED) is 0.884. The normalized spacial score (nSPS) is 13.4. The SMILES string of the molecule is CC(NC(=O)C(C)(C)C(C)(C)N)c1ccc(C#N)cc1. The van der Waals surface area contributed by atoms with E-state index in [1.807, 2.05) is 46.8 Å². The zero-order valence-electron chi connectivity index (χ0n) is 12.8. The van der Waals surface area contributed by atoms with Crippen molar-refractivity contribution >= 4 is 5.91 Å². The minimum atomic E-state index is -0.673. The molecule has 0 saturated heterocycles. The molecule has 4 nitrogen and oxygen atoms in total. The lowest BCUT2D eigenvalue weighted by Gasteiger charge is -2.37. The van der Waals surface area contributed by atoms with Gasteiger partial charge >= 0.3 is 0 Å². The van der Waals surface area contributed by atoms with Crippen molar-refractivity contribution in [2.45, 2.75) is 46.2 Å². The first-order valence-corrected chi connectivity index (χ1v) is 6.69. The minimum Gasteiger partial charge on any atom is -0.349 e. The van der Waals surface area contributed by atoms with Crippen LogP contribution in [-0.4, -0.2) is 11.4 Å². The summed E-state index contributed by atoms with van der Waals surface area (Å²) in [5.41, 5.74) is 6.36. The third-order valence-electron chi connectivity index (χ3n) is 4.07. The monoisotopic (exact) mass is 273 g/mol. The number of nitrogens with zero attached hydrogens (tertiary/aromatic N) is 1. The molecule has 1 aromatic carbocycles. The molecule has 1 aromatic rings. The molecule has 0 spiro atoms. The van der Waals surface area contributed by atoms with E-state index in [4.69, 9.17) is 11.0 Å². The molecule has 3 N–H and O–H groups in total. The van der Waals surface area contributed by atoms with Gasteiger partial charge in [-0.15, -0.1) is 0 Å². The molecule has 1 unspecified atom stereocenters. The van der Waals surface area contributed by atoms with Crippen LogP contribution in [0.15, 0.2) is 24.3 Å². The molecule has 1 atom stereocenters. The number of nitrogens with one attached hydrogen (secondary N) is 1. The highest BCUT2D eigenvalue weighted by Gasteiger charge is 2.40.